The number of nitrogens with zero attached hydrogens (tertiary/aromatic N) is 2. The summed E-state index contributed by atoms with van der Waals surface area (Å²) in [5.41, 5.74) is 2.93. The molecule has 4 heteroatoms. The van der Waals surface area contributed by atoms with Crippen molar-refractivity contribution in [2.24, 2.45) is 0 Å². The smallest absolute Gasteiger partial charge is 0.142 e. The van der Waals surface area contributed by atoms with Crippen molar-refractivity contribution in [3.63, 3.8) is 0 Å². The van der Waals surface area contributed by atoms with Crippen molar-refractivity contribution in [1.82, 2.24) is 10.2 Å². The van der Waals surface area contributed by atoms with Gasteiger partial charge in [0, 0.05) is 5.92 Å². The lowest BCUT2D eigenvalue weighted by atomic mass is 9.84. The number of rotatable bonds is 1. The molecule has 0 amide bonds. The van der Waals surface area contributed by atoms with Crippen molar-refractivity contribution < 1.29 is 0 Å². The van der Waals surface area contributed by atoms with Crippen LogP contribution < -0.4 is 0 Å². The van der Waals surface area contributed by atoms with E-state index in [-0.39, 0.29) is 0 Å². The molecule has 16 heavy (non-hydrogen) atoms. The van der Waals surface area contributed by atoms with E-state index in [1.54, 1.807) is 0 Å². The Kier molecular flexibility index (Phi) is 2.65. The second-order valence-electron chi connectivity index (χ2n) is 4.10. The Hall–Kier alpha value is -0.930. The van der Waals surface area contributed by atoms with E-state index in [4.69, 9.17) is 11.6 Å². The lowest BCUT2D eigenvalue weighted by molar-refractivity contribution is 0.577. The maximum atomic E-state index is 5.82. The van der Waals surface area contributed by atoms with Crippen LogP contribution in [0.25, 0.3) is 0 Å². The van der Waals surface area contributed by atoms with E-state index in [1.807, 2.05) is 0 Å². The van der Waals surface area contributed by atoms with Gasteiger partial charge in [0.25, 0.3) is 0 Å². The summed E-state index contributed by atoms with van der Waals surface area (Å²) >= 11 is 7.34. The number of benzene rings is 1. The van der Waals surface area contributed by atoms with Crippen molar-refractivity contribution in [2.75, 3.05) is 0 Å². The van der Waals surface area contributed by atoms with Gasteiger partial charge in [-0.05, 0) is 42.0 Å². The van der Waals surface area contributed by atoms with Gasteiger partial charge in [0.2, 0.25) is 4.47 Å². The van der Waals surface area contributed by atoms with Crippen molar-refractivity contribution in [3.8, 4) is 0 Å². The van der Waals surface area contributed by atoms with Gasteiger partial charge in [-0.1, -0.05) is 35.6 Å². The maximum Gasteiger partial charge on any atom is 0.207 e. The van der Waals surface area contributed by atoms with E-state index >= 15 is 0 Å². The second-order valence-corrected chi connectivity index (χ2v) is 5.69. The van der Waals surface area contributed by atoms with E-state index in [9.17, 15) is 0 Å². The van der Waals surface area contributed by atoms with Gasteiger partial charge < -0.3 is 0 Å². The molecule has 0 aliphatic heterocycles. The Morgan fingerprint density at radius 2 is 2.00 bits per heavy atom. The van der Waals surface area contributed by atoms with Crippen LogP contribution in [0.1, 0.15) is 28.5 Å². The average molecular weight is 251 g/mol. The first-order chi connectivity index (χ1) is 7.83. The summed E-state index contributed by atoms with van der Waals surface area (Å²) in [6, 6.07) is 8.65. The predicted molar refractivity (Wildman–Crippen MR) is 66.1 cm³/mol. The highest BCUT2D eigenvalue weighted by Gasteiger charge is 2.22. The lowest BCUT2D eigenvalue weighted by Crippen LogP contribution is -2.12. The topological polar surface area (TPSA) is 25.8 Å². The lowest BCUT2D eigenvalue weighted by Gasteiger charge is -2.22. The minimum atomic E-state index is 0.500. The predicted octanol–water partition coefficient (Wildman–Crippen LogP) is 3.46. The Balaban J connectivity index is 1.88. The van der Waals surface area contributed by atoms with Crippen LogP contribution in [0.5, 0.6) is 0 Å². The summed E-state index contributed by atoms with van der Waals surface area (Å²) in [6.07, 6.45) is 3.36. The van der Waals surface area contributed by atoms with Gasteiger partial charge in [0.1, 0.15) is 5.01 Å². The third kappa shape index (κ3) is 1.85. The average Bonchev–Trinajstić information content (AvgIpc) is 2.75. The Morgan fingerprint density at radius 3 is 2.75 bits per heavy atom. The molecule has 1 unspecified atom stereocenters. The Labute approximate surface area is 103 Å². The largest absolute Gasteiger partial charge is 0.207 e. The summed E-state index contributed by atoms with van der Waals surface area (Å²) in [5, 5.41) is 9.11. The van der Waals surface area contributed by atoms with Gasteiger partial charge in [-0.15, -0.1) is 10.2 Å². The van der Waals surface area contributed by atoms with Crippen LogP contribution in [-0.4, -0.2) is 10.2 Å². The first kappa shape index (κ1) is 10.2. The molecule has 2 nitrogen and oxygen atoms in total. The quantitative estimate of drug-likeness (QED) is 0.775. The zero-order valence-corrected chi connectivity index (χ0v) is 10.3. The summed E-state index contributed by atoms with van der Waals surface area (Å²) in [4.78, 5) is 0. The van der Waals surface area contributed by atoms with E-state index in [1.165, 1.54) is 22.5 Å². The Bertz CT molecular complexity index is 509. The molecule has 0 radical (unpaired) electrons. The van der Waals surface area contributed by atoms with Gasteiger partial charge in [-0.25, -0.2) is 0 Å². The van der Waals surface area contributed by atoms with Gasteiger partial charge in [-0.2, -0.15) is 0 Å². The van der Waals surface area contributed by atoms with Gasteiger partial charge in [0.05, 0.1) is 0 Å². The van der Waals surface area contributed by atoms with E-state index in [0.29, 0.717) is 10.4 Å². The maximum absolute atomic E-state index is 5.82. The van der Waals surface area contributed by atoms with Crippen molar-refractivity contribution in [2.45, 2.75) is 25.2 Å². The number of hydrogen-bond donors (Lipinski definition) is 0. The monoisotopic (exact) mass is 250 g/mol. The molecule has 0 saturated heterocycles. The molecule has 1 aromatic heterocycles. The molecular weight excluding hydrogens is 240 g/mol. The van der Waals surface area contributed by atoms with Crippen molar-refractivity contribution in [3.05, 3.63) is 44.9 Å². The van der Waals surface area contributed by atoms with E-state index < -0.39 is 0 Å². The van der Waals surface area contributed by atoms with Crippen LogP contribution in [0.2, 0.25) is 4.47 Å². The van der Waals surface area contributed by atoms with Crippen LogP contribution >= 0.6 is 22.9 Å². The summed E-state index contributed by atoms with van der Waals surface area (Å²) in [5.74, 6) is 0.500. The zero-order valence-electron chi connectivity index (χ0n) is 8.69. The molecule has 1 heterocycles. The zero-order chi connectivity index (χ0) is 11.0. The van der Waals surface area contributed by atoms with E-state index in [0.717, 1.165) is 24.3 Å². The highest BCUT2D eigenvalue weighted by molar-refractivity contribution is 7.15. The van der Waals surface area contributed by atoms with Crippen molar-refractivity contribution >= 4 is 22.9 Å². The molecule has 1 atom stereocenters. The van der Waals surface area contributed by atoms with Gasteiger partial charge >= 0.3 is 0 Å². The number of aromatic nitrogens is 2. The molecule has 1 aliphatic carbocycles. The molecule has 0 bridgehead atoms. The van der Waals surface area contributed by atoms with Crippen molar-refractivity contribution in [1.29, 1.82) is 0 Å². The fraction of sp³-hybridized carbons (Fsp3) is 0.333. The van der Waals surface area contributed by atoms with Gasteiger partial charge in [-0.3, -0.25) is 0 Å². The molecule has 2 aromatic rings. The molecule has 1 aromatic carbocycles. The van der Waals surface area contributed by atoms with Gasteiger partial charge in [0.15, 0.2) is 0 Å². The molecule has 3 rings (SSSR count). The van der Waals surface area contributed by atoms with Crippen LogP contribution in [0.3, 0.4) is 0 Å². The minimum absolute atomic E-state index is 0.500. The van der Waals surface area contributed by atoms with Crippen LogP contribution in [0, 0.1) is 0 Å². The summed E-state index contributed by atoms with van der Waals surface area (Å²) < 4.78 is 0.550. The molecule has 82 valence electrons. The molecule has 0 saturated carbocycles. The third-order valence-electron chi connectivity index (χ3n) is 3.11. The number of hydrogen-bond acceptors (Lipinski definition) is 3. The van der Waals surface area contributed by atoms with Crippen LogP contribution in [-0.2, 0) is 12.8 Å². The van der Waals surface area contributed by atoms with Crippen LogP contribution in [0.4, 0.5) is 0 Å². The SMILES string of the molecule is Clc1nnc(C2CCc3ccccc3C2)s1. The molecular formula is C12H11ClN2S. The first-order valence-corrected chi connectivity index (χ1v) is 6.58. The highest BCUT2D eigenvalue weighted by atomic mass is 35.5. The molecule has 0 spiro atoms. The number of aryl methyl sites for hydroxylation is 1. The standard InChI is InChI=1S/C12H11ClN2S/c13-12-15-14-11(16-12)10-6-5-8-3-1-2-4-9(8)7-10/h1-4,10H,5-7H2. The normalized spacial score (nSPS) is 19.4. The number of fused-ring (bicyclic) bond motifs is 1. The number of halogens is 1. The third-order valence-corrected chi connectivity index (χ3v) is 4.29. The summed E-state index contributed by atoms with van der Waals surface area (Å²) in [6.45, 7) is 0. The first-order valence-electron chi connectivity index (χ1n) is 5.38. The highest BCUT2D eigenvalue weighted by Crippen LogP contribution is 2.34. The molecule has 0 fully saturated rings. The van der Waals surface area contributed by atoms with Crippen LogP contribution in [0.15, 0.2) is 24.3 Å². The molecule has 1 aliphatic rings. The Morgan fingerprint density at radius 1 is 1.19 bits per heavy atom. The second kappa shape index (κ2) is 4.15. The molecule has 0 N–H and O–H groups in total. The fourth-order valence-corrected chi connectivity index (χ4v) is 3.27. The summed E-state index contributed by atoms with van der Waals surface area (Å²) in [7, 11) is 0. The van der Waals surface area contributed by atoms with E-state index in [2.05, 4.69) is 34.5 Å². The fourth-order valence-electron chi connectivity index (χ4n) is 2.29. The minimum Gasteiger partial charge on any atom is -0.142 e.